The number of amides is 1. The normalized spacial score (nSPS) is 12.1. The number of carbonyl (C=O) groups is 1. The maximum atomic E-state index is 11.5. The Bertz CT molecular complexity index is 311. The van der Waals surface area contributed by atoms with Crippen LogP contribution in [0.3, 0.4) is 0 Å². The first kappa shape index (κ1) is 12.7. The van der Waals surface area contributed by atoms with Gasteiger partial charge in [0, 0.05) is 5.92 Å². The fourth-order valence-electron chi connectivity index (χ4n) is 1.77. The lowest BCUT2D eigenvalue weighted by Crippen LogP contribution is -2.29. The lowest BCUT2D eigenvalue weighted by Gasteiger charge is -2.14. The Balaban J connectivity index is 2.59. The Morgan fingerprint density at radius 2 is 2.06 bits per heavy atom. The second kappa shape index (κ2) is 7.01. The molecule has 0 fully saturated rings. The van der Waals surface area contributed by atoms with Gasteiger partial charge >= 0.3 is 0 Å². The molecular weight excluding hydrogens is 202 g/mol. The summed E-state index contributed by atoms with van der Waals surface area (Å²) >= 11 is 0. The van der Waals surface area contributed by atoms with Gasteiger partial charge in [0.25, 0.3) is 0 Å². The van der Waals surface area contributed by atoms with E-state index >= 15 is 0 Å². The molecule has 0 aliphatic heterocycles. The van der Waals surface area contributed by atoms with Gasteiger partial charge in [0.2, 0.25) is 5.91 Å². The molecule has 0 saturated carbocycles. The van der Waals surface area contributed by atoms with E-state index in [2.05, 4.69) is 6.92 Å². The molecule has 0 aliphatic rings. The smallest absolute Gasteiger partial charge is 0.246 e. The third-order valence-corrected chi connectivity index (χ3v) is 2.71. The van der Waals surface area contributed by atoms with E-state index in [9.17, 15) is 4.79 Å². The summed E-state index contributed by atoms with van der Waals surface area (Å²) in [4.78, 5) is 11.5. The summed E-state index contributed by atoms with van der Waals surface area (Å²) in [5.74, 6) is -0.412. The highest BCUT2D eigenvalue weighted by molar-refractivity contribution is 5.77. The van der Waals surface area contributed by atoms with Crippen LogP contribution in [0.5, 0.6) is 0 Å². The van der Waals surface area contributed by atoms with Gasteiger partial charge in [-0.15, -0.1) is 0 Å². The zero-order valence-corrected chi connectivity index (χ0v) is 9.65. The summed E-state index contributed by atoms with van der Waals surface area (Å²) < 4.78 is 0. The van der Waals surface area contributed by atoms with Crippen molar-refractivity contribution in [2.45, 2.75) is 32.6 Å². The van der Waals surface area contributed by atoms with Crippen LogP contribution in [0, 0.1) is 5.92 Å². The Morgan fingerprint density at radius 1 is 1.38 bits per heavy atom. The summed E-state index contributed by atoms with van der Waals surface area (Å²) in [6.07, 6.45) is 3.57. The van der Waals surface area contributed by atoms with E-state index in [1.54, 1.807) is 5.48 Å². The molecular formula is C13H19NO2. The fourth-order valence-corrected chi connectivity index (χ4v) is 1.77. The third kappa shape index (κ3) is 4.03. The number of hydroxylamine groups is 1. The van der Waals surface area contributed by atoms with Crippen LogP contribution in [0.15, 0.2) is 30.3 Å². The molecule has 1 rings (SSSR count). The first-order valence-electron chi connectivity index (χ1n) is 5.75. The van der Waals surface area contributed by atoms with E-state index in [0.29, 0.717) is 6.42 Å². The van der Waals surface area contributed by atoms with Crippen molar-refractivity contribution < 1.29 is 10.0 Å². The van der Waals surface area contributed by atoms with Crippen LogP contribution in [-0.4, -0.2) is 11.1 Å². The molecule has 0 radical (unpaired) electrons. The van der Waals surface area contributed by atoms with Crippen molar-refractivity contribution in [2.75, 3.05) is 0 Å². The number of hydrogen-bond acceptors (Lipinski definition) is 2. The number of rotatable bonds is 6. The van der Waals surface area contributed by atoms with Crippen LogP contribution in [-0.2, 0) is 11.2 Å². The quantitative estimate of drug-likeness (QED) is 0.573. The molecule has 0 aromatic heterocycles. The minimum absolute atomic E-state index is 0.132. The highest BCUT2D eigenvalue weighted by Crippen LogP contribution is 2.15. The molecule has 1 unspecified atom stereocenters. The van der Waals surface area contributed by atoms with E-state index in [1.807, 2.05) is 30.3 Å². The van der Waals surface area contributed by atoms with Gasteiger partial charge in [0.15, 0.2) is 0 Å². The average molecular weight is 221 g/mol. The van der Waals surface area contributed by atoms with Crippen LogP contribution in [0.25, 0.3) is 0 Å². The molecule has 2 N–H and O–H groups in total. The second-order valence-corrected chi connectivity index (χ2v) is 4.00. The van der Waals surface area contributed by atoms with Crippen LogP contribution in [0.4, 0.5) is 0 Å². The predicted molar refractivity (Wildman–Crippen MR) is 63.1 cm³/mol. The minimum atomic E-state index is -0.280. The summed E-state index contributed by atoms with van der Waals surface area (Å²) in [5.41, 5.74) is 2.89. The van der Waals surface area contributed by atoms with Crippen LogP contribution >= 0.6 is 0 Å². The minimum Gasteiger partial charge on any atom is -0.289 e. The first-order valence-corrected chi connectivity index (χ1v) is 5.75. The molecule has 16 heavy (non-hydrogen) atoms. The van der Waals surface area contributed by atoms with Crippen LogP contribution in [0.2, 0.25) is 0 Å². The van der Waals surface area contributed by atoms with Gasteiger partial charge in [0.1, 0.15) is 0 Å². The van der Waals surface area contributed by atoms with Crippen LogP contribution in [0.1, 0.15) is 31.7 Å². The monoisotopic (exact) mass is 221 g/mol. The van der Waals surface area contributed by atoms with Crippen molar-refractivity contribution in [3.05, 3.63) is 35.9 Å². The van der Waals surface area contributed by atoms with Gasteiger partial charge in [-0.2, -0.15) is 0 Å². The third-order valence-electron chi connectivity index (χ3n) is 2.71. The first-order chi connectivity index (χ1) is 7.77. The highest BCUT2D eigenvalue weighted by atomic mass is 16.5. The van der Waals surface area contributed by atoms with Crippen molar-refractivity contribution in [2.24, 2.45) is 5.92 Å². The SMILES string of the molecule is CCCCC(Cc1ccccc1)C(=O)NO. The number of nitrogens with one attached hydrogen (secondary N) is 1. The second-order valence-electron chi connectivity index (χ2n) is 4.00. The number of benzene rings is 1. The lowest BCUT2D eigenvalue weighted by molar-refractivity contribution is -0.133. The van der Waals surface area contributed by atoms with Crippen molar-refractivity contribution in [3.63, 3.8) is 0 Å². The van der Waals surface area contributed by atoms with Crippen molar-refractivity contribution in [1.82, 2.24) is 5.48 Å². The summed E-state index contributed by atoms with van der Waals surface area (Å²) in [6.45, 7) is 2.09. The molecule has 3 nitrogen and oxygen atoms in total. The van der Waals surface area contributed by atoms with Crippen LogP contribution < -0.4 is 5.48 Å². The summed E-state index contributed by atoms with van der Waals surface area (Å²) in [5, 5.41) is 8.68. The maximum absolute atomic E-state index is 11.5. The molecule has 3 heteroatoms. The molecule has 1 aromatic carbocycles. The fraction of sp³-hybridized carbons (Fsp3) is 0.462. The van der Waals surface area contributed by atoms with E-state index in [4.69, 9.17) is 5.21 Å². The van der Waals surface area contributed by atoms with Crippen molar-refractivity contribution >= 4 is 5.91 Å². The van der Waals surface area contributed by atoms with Gasteiger partial charge in [0.05, 0.1) is 0 Å². The van der Waals surface area contributed by atoms with E-state index in [0.717, 1.165) is 24.8 Å². The maximum Gasteiger partial charge on any atom is 0.246 e. The molecule has 88 valence electrons. The Kier molecular flexibility index (Phi) is 5.57. The summed E-state index contributed by atoms with van der Waals surface area (Å²) in [7, 11) is 0. The number of hydrogen-bond donors (Lipinski definition) is 2. The molecule has 1 atom stereocenters. The van der Waals surface area contributed by atoms with E-state index in [-0.39, 0.29) is 11.8 Å². The average Bonchev–Trinajstić information content (AvgIpc) is 2.34. The molecule has 0 heterocycles. The molecule has 1 aromatic rings. The van der Waals surface area contributed by atoms with Gasteiger partial charge in [-0.3, -0.25) is 10.0 Å². The molecule has 0 aliphatic carbocycles. The largest absolute Gasteiger partial charge is 0.289 e. The standard InChI is InChI=1S/C13H19NO2/c1-2-3-9-12(13(15)14-16)10-11-7-5-4-6-8-11/h4-8,12,16H,2-3,9-10H2,1H3,(H,14,15). The van der Waals surface area contributed by atoms with Crippen molar-refractivity contribution in [3.8, 4) is 0 Å². The van der Waals surface area contributed by atoms with E-state index < -0.39 is 0 Å². The Morgan fingerprint density at radius 3 is 2.62 bits per heavy atom. The van der Waals surface area contributed by atoms with Crippen molar-refractivity contribution in [1.29, 1.82) is 0 Å². The van der Waals surface area contributed by atoms with Gasteiger partial charge < -0.3 is 0 Å². The van der Waals surface area contributed by atoms with Gasteiger partial charge in [-0.25, -0.2) is 5.48 Å². The molecule has 0 spiro atoms. The zero-order chi connectivity index (χ0) is 11.8. The Labute approximate surface area is 96.4 Å². The molecule has 0 saturated heterocycles. The highest BCUT2D eigenvalue weighted by Gasteiger charge is 2.17. The lowest BCUT2D eigenvalue weighted by atomic mass is 9.93. The predicted octanol–water partition coefficient (Wildman–Crippen LogP) is 2.54. The van der Waals surface area contributed by atoms with E-state index in [1.165, 1.54) is 0 Å². The zero-order valence-electron chi connectivity index (χ0n) is 9.65. The van der Waals surface area contributed by atoms with Gasteiger partial charge in [-0.1, -0.05) is 50.1 Å². The topological polar surface area (TPSA) is 49.3 Å². The number of unbranched alkanes of at least 4 members (excludes halogenated alkanes) is 1. The Hall–Kier alpha value is -1.35. The van der Waals surface area contributed by atoms with Gasteiger partial charge in [-0.05, 0) is 18.4 Å². The number of carbonyl (C=O) groups excluding carboxylic acids is 1. The molecule has 1 amide bonds. The summed E-state index contributed by atoms with van der Waals surface area (Å²) in [6, 6.07) is 9.88. The molecule has 0 bridgehead atoms.